The summed E-state index contributed by atoms with van der Waals surface area (Å²) in [5, 5.41) is 23.3. The van der Waals surface area contributed by atoms with Crippen LogP contribution >= 0.6 is 0 Å². The quantitative estimate of drug-likeness (QED) is 0.118. The molecule has 3 aliphatic rings. The molecule has 6 atom stereocenters. The van der Waals surface area contributed by atoms with Crippen molar-refractivity contribution in [3.63, 3.8) is 0 Å². The molecule has 4 N–H and O–H groups in total. The number of likely N-dealkylation sites (tertiary alicyclic amines) is 2. The van der Waals surface area contributed by atoms with E-state index in [9.17, 15) is 19.2 Å². The lowest BCUT2D eigenvalue weighted by molar-refractivity contribution is -0.136. The first-order valence-electron chi connectivity index (χ1n) is 20.1. The number of carbonyl (C=O) groups excluding carboxylic acids is 4. The van der Waals surface area contributed by atoms with Gasteiger partial charge in [0.15, 0.2) is 23.3 Å². The standard InChI is InChI=1S/C41H52N10O7/c1-7-22(3)32(42-40(54)56-5)38(52)50-17-9-11-28(50)36-44-34(46-48-36)25-15-16-30-27(20-25)19-24-13-14-26(21-31(24)58-30)35-45-37(49-47-35)29-12-10-18-51(29)39(53)33(23(4)8-2)43-41(55)57-6/h13-16,20-23,28-29,32-33H,7-12,17-19H2,1-6H3,(H,42,54)(H,43,55)(H,44,46,48)(H,45,47,49)/t22-,23-,28-,29-,32-,33-/m0/s1. The fourth-order valence-corrected chi connectivity index (χ4v) is 8.07. The number of methoxy groups -OCH3 is 2. The van der Waals surface area contributed by atoms with Gasteiger partial charge in [-0.25, -0.2) is 9.59 Å². The summed E-state index contributed by atoms with van der Waals surface area (Å²) in [6.45, 7) is 8.95. The van der Waals surface area contributed by atoms with Crippen molar-refractivity contribution < 1.29 is 33.4 Å². The topological polar surface area (TPSA) is 210 Å². The molecule has 0 radical (unpaired) electrons. The van der Waals surface area contributed by atoms with Crippen LogP contribution in [0.2, 0.25) is 0 Å². The van der Waals surface area contributed by atoms with Crippen molar-refractivity contribution in [3.8, 4) is 34.3 Å². The summed E-state index contributed by atoms with van der Waals surface area (Å²) >= 11 is 0. The maximum Gasteiger partial charge on any atom is 0.407 e. The molecule has 0 spiro atoms. The van der Waals surface area contributed by atoms with Crippen LogP contribution in [0.4, 0.5) is 9.59 Å². The van der Waals surface area contributed by atoms with Crippen LogP contribution in [0.1, 0.15) is 101 Å². The van der Waals surface area contributed by atoms with Gasteiger partial charge in [0.1, 0.15) is 23.6 Å². The van der Waals surface area contributed by atoms with E-state index in [0.29, 0.717) is 61.4 Å². The number of aromatic amines is 2. The van der Waals surface area contributed by atoms with Gasteiger partial charge in [0.2, 0.25) is 11.8 Å². The number of benzene rings is 2. The SMILES string of the molecule is CC[C@H](C)[C@H](NC(=O)OC)C(=O)N1CCC[C@H]1c1nnc(-c2ccc3c(c2)Cc2ccc(-c4nnc([C@@H]5CCCN5C(=O)[C@@H](NC(=O)OC)[C@@H](C)CC)[nH]4)cc2O3)[nH]1. The Morgan fingerprint density at radius 1 is 0.724 bits per heavy atom. The van der Waals surface area contributed by atoms with Gasteiger partial charge in [-0.15, -0.1) is 20.4 Å². The highest BCUT2D eigenvalue weighted by Gasteiger charge is 2.40. The Morgan fingerprint density at radius 3 is 1.72 bits per heavy atom. The molecule has 2 saturated heterocycles. The number of H-pyrrole nitrogens is 2. The van der Waals surface area contributed by atoms with Crippen LogP contribution in [0.3, 0.4) is 0 Å². The Balaban J connectivity index is 1.03. The minimum atomic E-state index is -0.711. The summed E-state index contributed by atoms with van der Waals surface area (Å²) in [5.41, 5.74) is 3.63. The first kappa shape index (κ1) is 40.2. The molecular formula is C41H52N10O7. The minimum Gasteiger partial charge on any atom is -0.457 e. The molecule has 0 saturated carbocycles. The Kier molecular flexibility index (Phi) is 12.0. The highest BCUT2D eigenvalue weighted by atomic mass is 16.5. The largest absolute Gasteiger partial charge is 0.457 e. The number of ether oxygens (including phenoxy) is 3. The third-order valence-electron chi connectivity index (χ3n) is 11.9. The third kappa shape index (κ3) is 8.07. The first-order valence-corrected chi connectivity index (χ1v) is 20.1. The molecule has 17 nitrogen and oxygen atoms in total. The zero-order chi connectivity index (χ0) is 41.1. The number of fused-ring (bicyclic) bond motifs is 2. The van der Waals surface area contributed by atoms with E-state index in [0.717, 1.165) is 53.7 Å². The van der Waals surface area contributed by atoms with Gasteiger partial charge in [0.25, 0.3) is 0 Å². The number of hydrogen-bond acceptors (Lipinski definition) is 11. The lowest BCUT2D eigenvalue weighted by Crippen LogP contribution is -2.51. The minimum absolute atomic E-state index is 0.0816. The van der Waals surface area contributed by atoms with Gasteiger partial charge in [0, 0.05) is 36.2 Å². The van der Waals surface area contributed by atoms with E-state index in [1.807, 2.05) is 64.1 Å². The molecule has 308 valence electrons. The molecule has 2 aromatic heterocycles. The third-order valence-corrected chi connectivity index (χ3v) is 11.9. The number of hydrogen-bond donors (Lipinski definition) is 4. The molecule has 7 rings (SSSR count). The number of alkyl carbamates (subject to hydrolysis) is 2. The van der Waals surface area contributed by atoms with Gasteiger partial charge in [-0.1, -0.05) is 52.7 Å². The lowest BCUT2D eigenvalue weighted by atomic mass is 9.97. The molecule has 2 aromatic carbocycles. The van der Waals surface area contributed by atoms with Gasteiger partial charge < -0.3 is 44.6 Å². The second kappa shape index (κ2) is 17.2. The summed E-state index contributed by atoms with van der Waals surface area (Å²) in [4.78, 5) is 61.9. The average Bonchev–Trinajstić information content (AvgIpc) is 4.09. The zero-order valence-electron chi connectivity index (χ0n) is 33.8. The van der Waals surface area contributed by atoms with E-state index in [4.69, 9.17) is 14.2 Å². The molecular weight excluding hydrogens is 745 g/mol. The van der Waals surface area contributed by atoms with Crippen molar-refractivity contribution in [2.45, 2.75) is 96.8 Å². The predicted molar refractivity (Wildman–Crippen MR) is 211 cm³/mol. The average molecular weight is 797 g/mol. The second-order valence-corrected chi connectivity index (χ2v) is 15.4. The fourth-order valence-electron chi connectivity index (χ4n) is 8.07. The number of nitrogens with zero attached hydrogens (tertiary/aromatic N) is 6. The Bertz CT molecular complexity index is 2000. The van der Waals surface area contributed by atoms with Crippen molar-refractivity contribution in [2.75, 3.05) is 27.3 Å². The summed E-state index contributed by atoms with van der Waals surface area (Å²) in [5.74, 6) is 3.28. The van der Waals surface area contributed by atoms with E-state index < -0.39 is 24.3 Å². The van der Waals surface area contributed by atoms with Crippen molar-refractivity contribution in [1.82, 2.24) is 50.8 Å². The van der Waals surface area contributed by atoms with Gasteiger partial charge in [0.05, 0.1) is 26.3 Å². The molecule has 0 bridgehead atoms. The van der Waals surface area contributed by atoms with Crippen LogP contribution in [0.25, 0.3) is 22.8 Å². The summed E-state index contributed by atoms with van der Waals surface area (Å²) in [6, 6.07) is 9.81. The van der Waals surface area contributed by atoms with Crippen molar-refractivity contribution in [3.05, 3.63) is 59.2 Å². The van der Waals surface area contributed by atoms with E-state index in [1.54, 1.807) is 9.80 Å². The number of carbonyl (C=O) groups is 4. The predicted octanol–water partition coefficient (Wildman–Crippen LogP) is 5.82. The smallest absolute Gasteiger partial charge is 0.407 e. The fraction of sp³-hybridized carbons (Fsp3) is 0.512. The van der Waals surface area contributed by atoms with Gasteiger partial charge >= 0.3 is 12.2 Å². The maximum absolute atomic E-state index is 13.7. The summed E-state index contributed by atoms with van der Waals surface area (Å²) in [7, 11) is 2.57. The molecule has 58 heavy (non-hydrogen) atoms. The molecule has 0 aliphatic carbocycles. The van der Waals surface area contributed by atoms with Gasteiger partial charge in [-0.2, -0.15) is 0 Å². The van der Waals surface area contributed by atoms with E-state index in [1.165, 1.54) is 14.2 Å². The van der Waals surface area contributed by atoms with Crippen LogP contribution in [0.15, 0.2) is 36.4 Å². The van der Waals surface area contributed by atoms with Crippen molar-refractivity contribution in [1.29, 1.82) is 0 Å². The van der Waals surface area contributed by atoms with Crippen LogP contribution < -0.4 is 15.4 Å². The number of rotatable bonds is 12. The van der Waals surface area contributed by atoms with Gasteiger partial charge in [-0.3, -0.25) is 9.59 Å². The number of nitrogens with one attached hydrogen (secondary N) is 4. The van der Waals surface area contributed by atoms with Gasteiger partial charge in [-0.05, 0) is 67.3 Å². The van der Waals surface area contributed by atoms with E-state index >= 15 is 0 Å². The number of aromatic nitrogens is 6. The maximum atomic E-state index is 13.7. The Morgan fingerprint density at radius 2 is 1.22 bits per heavy atom. The highest BCUT2D eigenvalue weighted by molar-refractivity contribution is 5.87. The van der Waals surface area contributed by atoms with Crippen molar-refractivity contribution >= 4 is 24.0 Å². The van der Waals surface area contributed by atoms with Crippen LogP contribution in [0, 0.1) is 11.8 Å². The monoisotopic (exact) mass is 796 g/mol. The normalized spacial score (nSPS) is 19.3. The van der Waals surface area contributed by atoms with Crippen LogP contribution in [-0.4, -0.2) is 104 Å². The zero-order valence-corrected chi connectivity index (χ0v) is 33.8. The lowest BCUT2D eigenvalue weighted by Gasteiger charge is -2.30. The van der Waals surface area contributed by atoms with Crippen LogP contribution in [0.5, 0.6) is 11.5 Å². The summed E-state index contributed by atoms with van der Waals surface area (Å²) < 4.78 is 16.0. The molecule has 2 fully saturated rings. The molecule has 3 aliphatic heterocycles. The molecule has 5 heterocycles. The number of amides is 4. The molecule has 0 unspecified atom stereocenters. The van der Waals surface area contributed by atoms with Crippen LogP contribution in [-0.2, 0) is 25.5 Å². The Hall–Kier alpha value is -6.00. The van der Waals surface area contributed by atoms with Crippen molar-refractivity contribution in [2.24, 2.45) is 11.8 Å². The molecule has 4 aromatic rings. The second-order valence-electron chi connectivity index (χ2n) is 15.4. The summed E-state index contributed by atoms with van der Waals surface area (Å²) in [6.07, 6.45) is 3.85. The molecule has 4 amide bonds. The highest BCUT2D eigenvalue weighted by Crippen LogP contribution is 2.41. The Labute approximate surface area is 337 Å². The van der Waals surface area contributed by atoms with E-state index in [2.05, 4.69) is 41.0 Å². The molecule has 17 heteroatoms. The van der Waals surface area contributed by atoms with E-state index in [-0.39, 0.29) is 35.7 Å². The first-order chi connectivity index (χ1) is 28.0.